The fourth-order valence-corrected chi connectivity index (χ4v) is 0.837. The first-order valence-corrected chi connectivity index (χ1v) is 3.15. The summed E-state index contributed by atoms with van der Waals surface area (Å²) in [4.78, 5) is 9.88. The Bertz CT molecular complexity index is 301. The molecular formula is C8H6N2O. The van der Waals surface area contributed by atoms with Crippen LogP contribution in [-0.4, -0.2) is 0 Å². The zero-order valence-corrected chi connectivity index (χ0v) is 5.82. The summed E-state index contributed by atoms with van der Waals surface area (Å²) in [5.41, 5.74) is 1.21. The van der Waals surface area contributed by atoms with Crippen molar-refractivity contribution in [2.45, 2.75) is 6.54 Å². The molecule has 0 aliphatic heterocycles. The van der Waals surface area contributed by atoms with E-state index in [1.165, 1.54) is 0 Å². The van der Waals surface area contributed by atoms with Crippen molar-refractivity contribution in [2.24, 2.45) is 5.18 Å². The van der Waals surface area contributed by atoms with E-state index in [0.29, 0.717) is 11.1 Å². The topological polar surface area (TPSA) is 53.2 Å². The molecule has 3 nitrogen and oxygen atoms in total. The highest BCUT2D eigenvalue weighted by atomic mass is 16.3. The average molecular weight is 146 g/mol. The van der Waals surface area contributed by atoms with E-state index in [0.717, 1.165) is 0 Å². The van der Waals surface area contributed by atoms with E-state index >= 15 is 0 Å². The van der Waals surface area contributed by atoms with Gasteiger partial charge in [-0.05, 0) is 11.6 Å². The molecule has 3 heteroatoms. The molecule has 0 bridgehead atoms. The summed E-state index contributed by atoms with van der Waals surface area (Å²) in [6.07, 6.45) is 0. The molecule has 0 N–H and O–H groups in total. The maximum absolute atomic E-state index is 9.88. The Labute approximate surface area is 64.2 Å². The molecule has 54 valence electrons. The Morgan fingerprint density at radius 2 is 2.18 bits per heavy atom. The van der Waals surface area contributed by atoms with Gasteiger partial charge in [-0.25, -0.2) is 0 Å². The SMILES string of the molecule is N#Cc1ccccc1CN=O. The lowest BCUT2D eigenvalue weighted by Crippen LogP contribution is -1.85. The van der Waals surface area contributed by atoms with Crippen molar-refractivity contribution in [1.82, 2.24) is 0 Å². The first kappa shape index (κ1) is 7.42. The number of nitrogens with zero attached hydrogens (tertiary/aromatic N) is 2. The van der Waals surface area contributed by atoms with Crippen LogP contribution >= 0.6 is 0 Å². The van der Waals surface area contributed by atoms with Crippen LogP contribution in [-0.2, 0) is 6.54 Å². The minimum atomic E-state index is 0.0731. The summed E-state index contributed by atoms with van der Waals surface area (Å²) in [5, 5.41) is 11.3. The zero-order valence-electron chi connectivity index (χ0n) is 5.82. The Hall–Kier alpha value is -1.69. The third kappa shape index (κ3) is 1.62. The molecule has 0 aliphatic rings. The lowest BCUT2D eigenvalue weighted by molar-refractivity contribution is 1.05. The molecule has 1 rings (SSSR count). The van der Waals surface area contributed by atoms with E-state index in [-0.39, 0.29) is 6.54 Å². The third-order valence-electron chi connectivity index (χ3n) is 1.37. The van der Waals surface area contributed by atoms with Gasteiger partial charge in [0.25, 0.3) is 0 Å². The van der Waals surface area contributed by atoms with Gasteiger partial charge in [-0.1, -0.05) is 23.4 Å². The normalized spacial score (nSPS) is 8.64. The van der Waals surface area contributed by atoms with Crippen LogP contribution < -0.4 is 0 Å². The molecule has 0 radical (unpaired) electrons. The van der Waals surface area contributed by atoms with E-state index < -0.39 is 0 Å². The molecule has 0 aromatic heterocycles. The molecule has 0 heterocycles. The Balaban J connectivity index is 3.04. The van der Waals surface area contributed by atoms with Crippen molar-refractivity contribution in [3.05, 3.63) is 40.3 Å². The van der Waals surface area contributed by atoms with Crippen LogP contribution in [0.15, 0.2) is 29.4 Å². The first-order valence-electron chi connectivity index (χ1n) is 3.15. The van der Waals surface area contributed by atoms with Gasteiger partial charge < -0.3 is 0 Å². The van der Waals surface area contributed by atoms with Crippen LogP contribution in [0.2, 0.25) is 0 Å². The monoisotopic (exact) mass is 146 g/mol. The first-order chi connectivity index (χ1) is 5.38. The van der Waals surface area contributed by atoms with Gasteiger partial charge in [-0.15, -0.1) is 0 Å². The second-order valence-corrected chi connectivity index (χ2v) is 2.06. The molecular weight excluding hydrogens is 140 g/mol. The summed E-state index contributed by atoms with van der Waals surface area (Å²) in [6.45, 7) is 0.0731. The quantitative estimate of drug-likeness (QED) is 0.597. The van der Waals surface area contributed by atoms with Crippen molar-refractivity contribution < 1.29 is 0 Å². The van der Waals surface area contributed by atoms with Crippen LogP contribution in [0, 0.1) is 16.2 Å². The van der Waals surface area contributed by atoms with Crippen LogP contribution in [0.5, 0.6) is 0 Å². The lowest BCUT2D eigenvalue weighted by Gasteiger charge is -1.94. The summed E-state index contributed by atoms with van der Waals surface area (Å²) < 4.78 is 0. The van der Waals surface area contributed by atoms with Crippen LogP contribution in [0.1, 0.15) is 11.1 Å². The lowest BCUT2D eigenvalue weighted by atomic mass is 10.1. The number of nitriles is 1. The Morgan fingerprint density at radius 3 is 2.82 bits per heavy atom. The van der Waals surface area contributed by atoms with Crippen LogP contribution in [0.3, 0.4) is 0 Å². The van der Waals surface area contributed by atoms with E-state index in [1.54, 1.807) is 24.3 Å². The highest BCUT2D eigenvalue weighted by Gasteiger charge is 1.98. The molecule has 0 saturated heterocycles. The van der Waals surface area contributed by atoms with Gasteiger partial charge in [-0.2, -0.15) is 10.2 Å². The molecule has 0 unspecified atom stereocenters. The summed E-state index contributed by atoms with van der Waals surface area (Å²) in [7, 11) is 0. The van der Waals surface area contributed by atoms with Gasteiger partial charge in [0.2, 0.25) is 0 Å². The summed E-state index contributed by atoms with van der Waals surface area (Å²) in [6, 6.07) is 8.91. The average Bonchev–Trinajstić information content (AvgIpc) is 2.06. The Morgan fingerprint density at radius 1 is 1.45 bits per heavy atom. The van der Waals surface area contributed by atoms with Gasteiger partial charge in [0, 0.05) is 0 Å². The molecule has 0 fully saturated rings. The molecule has 11 heavy (non-hydrogen) atoms. The molecule has 0 spiro atoms. The number of hydrogen-bond acceptors (Lipinski definition) is 3. The van der Waals surface area contributed by atoms with E-state index in [2.05, 4.69) is 5.18 Å². The number of nitroso groups, excluding NO2 is 1. The smallest absolute Gasteiger partial charge is 0.107 e. The molecule has 0 aliphatic carbocycles. The fourth-order valence-electron chi connectivity index (χ4n) is 0.837. The predicted octanol–water partition coefficient (Wildman–Crippen LogP) is 1.82. The van der Waals surface area contributed by atoms with Crippen molar-refractivity contribution in [2.75, 3.05) is 0 Å². The maximum Gasteiger partial charge on any atom is 0.107 e. The number of rotatable bonds is 2. The highest BCUT2D eigenvalue weighted by molar-refractivity contribution is 5.37. The van der Waals surface area contributed by atoms with Gasteiger partial charge in [0.05, 0.1) is 11.6 Å². The standard InChI is InChI=1S/C8H6N2O/c9-5-7-3-1-2-4-8(7)6-10-11/h1-4H,6H2. The largest absolute Gasteiger partial charge is 0.192 e. The van der Waals surface area contributed by atoms with Crippen molar-refractivity contribution >= 4 is 0 Å². The molecule has 1 aromatic carbocycles. The van der Waals surface area contributed by atoms with Crippen molar-refractivity contribution in [1.29, 1.82) is 5.26 Å². The molecule has 1 aromatic rings. The van der Waals surface area contributed by atoms with E-state index in [1.807, 2.05) is 6.07 Å². The van der Waals surface area contributed by atoms with Gasteiger partial charge in [0.15, 0.2) is 0 Å². The third-order valence-corrected chi connectivity index (χ3v) is 1.37. The second kappa shape index (κ2) is 3.47. The van der Waals surface area contributed by atoms with E-state index in [4.69, 9.17) is 5.26 Å². The molecule has 0 saturated carbocycles. The van der Waals surface area contributed by atoms with Gasteiger partial charge >= 0.3 is 0 Å². The maximum atomic E-state index is 9.88. The Kier molecular flexibility index (Phi) is 2.34. The van der Waals surface area contributed by atoms with Crippen molar-refractivity contribution in [3.63, 3.8) is 0 Å². The fraction of sp³-hybridized carbons (Fsp3) is 0.125. The predicted molar refractivity (Wildman–Crippen MR) is 40.7 cm³/mol. The summed E-state index contributed by atoms with van der Waals surface area (Å²) >= 11 is 0. The van der Waals surface area contributed by atoms with Crippen LogP contribution in [0.4, 0.5) is 0 Å². The summed E-state index contributed by atoms with van der Waals surface area (Å²) in [5.74, 6) is 0. The zero-order chi connectivity index (χ0) is 8.10. The van der Waals surface area contributed by atoms with E-state index in [9.17, 15) is 4.91 Å². The number of hydrogen-bond donors (Lipinski definition) is 0. The minimum absolute atomic E-state index is 0.0731. The van der Waals surface area contributed by atoms with Gasteiger partial charge in [-0.3, -0.25) is 0 Å². The molecule has 0 atom stereocenters. The number of benzene rings is 1. The van der Waals surface area contributed by atoms with Gasteiger partial charge in [0.1, 0.15) is 6.54 Å². The highest BCUT2D eigenvalue weighted by Crippen LogP contribution is 2.07. The minimum Gasteiger partial charge on any atom is -0.192 e. The second-order valence-electron chi connectivity index (χ2n) is 2.06. The van der Waals surface area contributed by atoms with Crippen LogP contribution in [0.25, 0.3) is 0 Å². The van der Waals surface area contributed by atoms with Crippen molar-refractivity contribution in [3.8, 4) is 6.07 Å². The molecule has 0 amide bonds.